The van der Waals surface area contributed by atoms with Crippen LogP contribution in [-0.2, 0) is 11.3 Å². The quantitative estimate of drug-likeness (QED) is 0.612. The maximum absolute atomic E-state index is 5.57. The first-order valence-electron chi connectivity index (χ1n) is 8.80. The number of guanidine groups is 1. The minimum Gasteiger partial charge on any atom is -0.478 e. The van der Waals surface area contributed by atoms with Crippen LogP contribution in [0.25, 0.3) is 0 Å². The van der Waals surface area contributed by atoms with Crippen LogP contribution in [0.2, 0.25) is 0 Å². The number of nitrogens with zero attached hydrogens (tertiary/aromatic N) is 3. The molecule has 1 fully saturated rings. The van der Waals surface area contributed by atoms with Crippen LogP contribution in [0.3, 0.4) is 0 Å². The van der Waals surface area contributed by atoms with Crippen molar-refractivity contribution in [2.45, 2.75) is 32.7 Å². The summed E-state index contributed by atoms with van der Waals surface area (Å²) in [7, 11) is 3.90. The minimum atomic E-state index is 0.615. The van der Waals surface area contributed by atoms with Crippen LogP contribution in [-0.4, -0.2) is 56.3 Å². The van der Waals surface area contributed by atoms with Crippen molar-refractivity contribution in [3.05, 3.63) is 23.9 Å². The summed E-state index contributed by atoms with van der Waals surface area (Å²) >= 11 is 0. The van der Waals surface area contributed by atoms with Crippen molar-refractivity contribution in [3.63, 3.8) is 0 Å². The van der Waals surface area contributed by atoms with Crippen LogP contribution in [0.5, 0.6) is 5.88 Å². The first-order valence-corrected chi connectivity index (χ1v) is 8.80. The van der Waals surface area contributed by atoms with E-state index in [-0.39, 0.29) is 0 Å². The summed E-state index contributed by atoms with van der Waals surface area (Å²) < 4.78 is 11.0. The molecular formula is C18H30N4O2. The normalized spacial score (nSPS) is 16.0. The van der Waals surface area contributed by atoms with Gasteiger partial charge in [0, 0.05) is 52.2 Å². The topological polar surface area (TPSA) is 59.0 Å². The highest BCUT2D eigenvalue weighted by Crippen LogP contribution is 2.18. The van der Waals surface area contributed by atoms with E-state index in [9.17, 15) is 0 Å². The Balaban J connectivity index is 1.83. The van der Waals surface area contributed by atoms with Gasteiger partial charge in [0.25, 0.3) is 0 Å². The van der Waals surface area contributed by atoms with Gasteiger partial charge in [-0.3, -0.25) is 4.99 Å². The van der Waals surface area contributed by atoms with Gasteiger partial charge in [0.2, 0.25) is 5.88 Å². The molecular weight excluding hydrogens is 304 g/mol. The molecule has 24 heavy (non-hydrogen) atoms. The number of hydrogen-bond acceptors (Lipinski definition) is 4. The van der Waals surface area contributed by atoms with Crippen LogP contribution in [0.4, 0.5) is 0 Å². The average Bonchev–Trinajstić information content (AvgIpc) is 2.63. The molecule has 1 saturated heterocycles. The molecule has 6 heteroatoms. The molecule has 0 spiro atoms. The highest BCUT2D eigenvalue weighted by Gasteiger charge is 2.15. The van der Waals surface area contributed by atoms with Crippen LogP contribution in [0.15, 0.2) is 23.3 Å². The van der Waals surface area contributed by atoms with Gasteiger partial charge < -0.3 is 19.7 Å². The lowest BCUT2D eigenvalue weighted by molar-refractivity contribution is 0.0625. The Hall–Kier alpha value is -1.82. The summed E-state index contributed by atoms with van der Waals surface area (Å²) in [5.74, 6) is 2.35. The Morgan fingerprint density at radius 1 is 1.46 bits per heavy atom. The molecule has 0 aromatic carbocycles. The fourth-order valence-electron chi connectivity index (χ4n) is 2.90. The highest BCUT2D eigenvalue weighted by molar-refractivity contribution is 5.79. The van der Waals surface area contributed by atoms with E-state index >= 15 is 0 Å². The number of aromatic nitrogens is 1. The van der Waals surface area contributed by atoms with Gasteiger partial charge in [0.1, 0.15) is 0 Å². The molecule has 0 bridgehead atoms. The molecule has 1 aliphatic rings. The Morgan fingerprint density at radius 3 is 2.96 bits per heavy atom. The zero-order chi connectivity index (χ0) is 17.2. The highest BCUT2D eigenvalue weighted by atomic mass is 16.5. The van der Waals surface area contributed by atoms with Crippen LogP contribution in [0.1, 0.15) is 31.7 Å². The first kappa shape index (κ1) is 18.5. The van der Waals surface area contributed by atoms with Crippen LogP contribution in [0, 0.1) is 5.92 Å². The lowest BCUT2D eigenvalue weighted by Gasteiger charge is -2.27. The molecule has 2 rings (SSSR count). The second kappa shape index (κ2) is 10.1. The first-order chi connectivity index (χ1) is 11.7. The van der Waals surface area contributed by atoms with Gasteiger partial charge in [-0.25, -0.2) is 4.98 Å². The molecule has 0 unspecified atom stereocenters. The maximum atomic E-state index is 5.57. The van der Waals surface area contributed by atoms with Gasteiger partial charge in [-0.1, -0.05) is 6.07 Å². The molecule has 0 atom stereocenters. The van der Waals surface area contributed by atoms with Gasteiger partial charge in [-0.2, -0.15) is 0 Å². The zero-order valence-electron chi connectivity index (χ0n) is 15.1. The number of ether oxygens (including phenoxy) is 2. The predicted molar refractivity (Wildman–Crippen MR) is 96.4 cm³/mol. The molecule has 1 aromatic heterocycles. The molecule has 0 saturated carbocycles. The van der Waals surface area contributed by atoms with Crippen molar-refractivity contribution in [2.75, 3.05) is 40.5 Å². The summed E-state index contributed by atoms with van der Waals surface area (Å²) in [6.07, 6.45) is 5.28. The predicted octanol–water partition coefficient (Wildman–Crippen LogP) is 2.30. The largest absolute Gasteiger partial charge is 0.478 e. The number of hydrogen-bond donors (Lipinski definition) is 1. The zero-order valence-corrected chi connectivity index (χ0v) is 15.1. The summed E-state index contributed by atoms with van der Waals surface area (Å²) in [6, 6.07) is 3.96. The van der Waals surface area contributed by atoms with Crippen LogP contribution >= 0.6 is 0 Å². The van der Waals surface area contributed by atoms with E-state index in [0.717, 1.165) is 37.2 Å². The third kappa shape index (κ3) is 5.67. The number of aliphatic imine (C=N–C) groups is 1. The molecule has 0 radical (unpaired) electrons. The van der Waals surface area contributed by atoms with Gasteiger partial charge in [-0.05, 0) is 38.2 Å². The third-order valence-electron chi connectivity index (χ3n) is 4.35. The van der Waals surface area contributed by atoms with Gasteiger partial charge in [0.05, 0.1) is 6.61 Å². The van der Waals surface area contributed by atoms with E-state index in [1.54, 1.807) is 6.20 Å². The van der Waals surface area contributed by atoms with Crippen molar-refractivity contribution in [1.29, 1.82) is 0 Å². The number of pyridine rings is 1. The van der Waals surface area contributed by atoms with E-state index in [2.05, 4.69) is 27.2 Å². The fraction of sp³-hybridized carbons (Fsp3) is 0.667. The number of nitrogens with one attached hydrogen (secondary N) is 1. The number of rotatable bonds is 7. The van der Waals surface area contributed by atoms with Crippen molar-refractivity contribution in [3.8, 4) is 5.88 Å². The van der Waals surface area contributed by atoms with E-state index in [0.29, 0.717) is 19.0 Å². The van der Waals surface area contributed by atoms with Crippen molar-refractivity contribution >= 4 is 5.96 Å². The van der Waals surface area contributed by atoms with Crippen LogP contribution < -0.4 is 10.1 Å². The minimum absolute atomic E-state index is 0.615. The van der Waals surface area contributed by atoms with E-state index in [1.165, 1.54) is 19.3 Å². The average molecular weight is 334 g/mol. The van der Waals surface area contributed by atoms with Crippen molar-refractivity contribution < 1.29 is 9.47 Å². The summed E-state index contributed by atoms with van der Waals surface area (Å²) in [6.45, 7) is 6.04. The van der Waals surface area contributed by atoms with Crippen molar-refractivity contribution in [2.24, 2.45) is 10.9 Å². The standard InChI is InChI=1S/C18H30N4O2/c1-4-24-17-16(6-5-10-20-17)14-21-18(19-2)22(3)11-7-15-8-12-23-13-9-15/h5-6,10,15H,4,7-9,11-14H2,1-3H3,(H,19,21). The molecule has 1 aromatic rings. The smallest absolute Gasteiger partial charge is 0.218 e. The molecule has 134 valence electrons. The third-order valence-corrected chi connectivity index (χ3v) is 4.35. The SMILES string of the molecule is CCOc1ncccc1CNC(=NC)N(C)CCC1CCOCC1. The molecule has 0 amide bonds. The Bertz CT molecular complexity index is 515. The second-order valence-corrected chi connectivity index (χ2v) is 6.07. The lowest BCUT2D eigenvalue weighted by atomic mass is 9.96. The van der Waals surface area contributed by atoms with Gasteiger partial charge in [-0.15, -0.1) is 0 Å². The molecule has 1 aliphatic heterocycles. The Kier molecular flexibility index (Phi) is 7.82. The fourth-order valence-corrected chi connectivity index (χ4v) is 2.90. The second-order valence-electron chi connectivity index (χ2n) is 6.07. The summed E-state index contributed by atoms with van der Waals surface area (Å²) in [5, 5.41) is 3.40. The Labute approximate surface area is 145 Å². The van der Waals surface area contributed by atoms with E-state index < -0.39 is 0 Å². The Morgan fingerprint density at radius 2 is 2.25 bits per heavy atom. The molecule has 0 aliphatic carbocycles. The van der Waals surface area contributed by atoms with E-state index in [1.807, 2.05) is 26.1 Å². The molecule has 1 N–H and O–H groups in total. The summed E-state index contributed by atoms with van der Waals surface area (Å²) in [5.41, 5.74) is 1.04. The van der Waals surface area contributed by atoms with E-state index in [4.69, 9.17) is 9.47 Å². The maximum Gasteiger partial charge on any atom is 0.218 e. The lowest BCUT2D eigenvalue weighted by Crippen LogP contribution is -2.39. The monoisotopic (exact) mass is 334 g/mol. The van der Waals surface area contributed by atoms with Crippen molar-refractivity contribution in [1.82, 2.24) is 15.2 Å². The van der Waals surface area contributed by atoms with Gasteiger partial charge >= 0.3 is 0 Å². The summed E-state index contributed by atoms with van der Waals surface area (Å²) in [4.78, 5) is 10.9. The molecule has 6 nitrogen and oxygen atoms in total. The van der Waals surface area contributed by atoms with Gasteiger partial charge in [0.15, 0.2) is 5.96 Å². The molecule has 2 heterocycles.